The molecule has 1 aliphatic rings. The van der Waals surface area contributed by atoms with Gasteiger partial charge >= 0.3 is 12.3 Å². The molecule has 1 aliphatic heterocycles. The summed E-state index contributed by atoms with van der Waals surface area (Å²) in [6, 6.07) is 2.99. The maximum atomic E-state index is 14.8. The minimum Gasteiger partial charge on any atom is -0.471 e. The minimum atomic E-state index is -4.63. The lowest BCUT2D eigenvalue weighted by Gasteiger charge is -2.35. The second-order valence-electron chi connectivity index (χ2n) is 10.1. The second-order valence-corrected chi connectivity index (χ2v) is 10.9. The fraction of sp³-hybridized carbons (Fsp3) is 0.440. The van der Waals surface area contributed by atoms with E-state index in [4.69, 9.17) is 9.47 Å². The van der Waals surface area contributed by atoms with Gasteiger partial charge in [-0.2, -0.15) is 17.5 Å². The Morgan fingerprint density at radius 1 is 1.10 bits per heavy atom. The lowest BCUT2D eigenvalue weighted by molar-refractivity contribution is -0.141. The summed E-state index contributed by atoms with van der Waals surface area (Å²) in [6.07, 6.45) is -4.41. The van der Waals surface area contributed by atoms with Crippen molar-refractivity contribution in [2.75, 3.05) is 23.7 Å². The fourth-order valence-corrected chi connectivity index (χ4v) is 4.56. The van der Waals surface area contributed by atoms with Crippen molar-refractivity contribution < 1.29 is 36.6 Å². The summed E-state index contributed by atoms with van der Waals surface area (Å²) < 4.78 is 68.1. The first kappa shape index (κ1) is 29.9. The van der Waals surface area contributed by atoms with Gasteiger partial charge in [0.1, 0.15) is 22.5 Å². The molecule has 16 heteroatoms. The van der Waals surface area contributed by atoms with Crippen LogP contribution in [0.5, 0.6) is 5.88 Å². The van der Waals surface area contributed by atoms with Crippen LogP contribution in [0.2, 0.25) is 0 Å². The topological polar surface area (TPSA) is 131 Å². The molecule has 0 aliphatic carbocycles. The van der Waals surface area contributed by atoms with E-state index in [1.807, 2.05) is 0 Å². The first-order chi connectivity index (χ1) is 19.2. The number of amides is 2. The van der Waals surface area contributed by atoms with E-state index in [9.17, 15) is 27.2 Å². The van der Waals surface area contributed by atoms with E-state index in [1.165, 1.54) is 23.2 Å². The Bertz CT molecular complexity index is 1380. The fourth-order valence-electron chi connectivity index (χ4n) is 3.76. The van der Waals surface area contributed by atoms with E-state index in [2.05, 4.69) is 30.0 Å². The van der Waals surface area contributed by atoms with E-state index in [0.29, 0.717) is 17.6 Å². The number of halogens is 4. The average molecular weight is 598 g/mol. The molecule has 4 heterocycles. The van der Waals surface area contributed by atoms with E-state index in [0.717, 1.165) is 17.7 Å². The van der Waals surface area contributed by atoms with Gasteiger partial charge in [-0.05, 0) is 45.3 Å². The van der Waals surface area contributed by atoms with Crippen molar-refractivity contribution in [1.29, 1.82) is 0 Å². The Balaban J connectivity index is 1.34. The van der Waals surface area contributed by atoms with Crippen LogP contribution in [0, 0.1) is 6.92 Å². The van der Waals surface area contributed by atoms with E-state index < -0.39 is 41.7 Å². The first-order valence-electron chi connectivity index (χ1n) is 12.4. The van der Waals surface area contributed by atoms with Crippen LogP contribution in [0.25, 0.3) is 0 Å². The zero-order valence-electron chi connectivity index (χ0n) is 22.5. The number of alkyl halides is 4. The van der Waals surface area contributed by atoms with Crippen LogP contribution in [-0.2, 0) is 10.9 Å². The highest BCUT2D eigenvalue weighted by Gasteiger charge is 2.35. The van der Waals surface area contributed by atoms with Gasteiger partial charge in [0.05, 0.1) is 42.1 Å². The lowest BCUT2D eigenvalue weighted by atomic mass is 10.1. The van der Waals surface area contributed by atoms with Gasteiger partial charge in [-0.1, -0.05) is 0 Å². The minimum absolute atomic E-state index is 0.00182. The quantitative estimate of drug-likeness (QED) is 0.360. The molecular formula is C25H27F4N7O4S. The Morgan fingerprint density at radius 2 is 1.85 bits per heavy atom. The number of anilines is 3. The second kappa shape index (κ2) is 11.8. The van der Waals surface area contributed by atoms with Crippen molar-refractivity contribution in [2.24, 2.45) is 0 Å². The van der Waals surface area contributed by atoms with Crippen LogP contribution in [-0.4, -0.2) is 67.2 Å². The lowest BCUT2D eigenvalue weighted by Crippen LogP contribution is -2.50. The predicted octanol–water partition coefficient (Wildman–Crippen LogP) is 5.38. The number of pyridine rings is 1. The third-order valence-electron chi connectivity index (χ3n) is 5.67. The molecule has 11 nitrogen and oxygen atoms in total. The van der Waals surface area contributed by atoms with Crippen molar-refractivity contribution in [3.05, 3.63) is 47.7 Å². The zero-order valence-corrected chi connectivity index (χ0v) is 23.3. The Hall–Kier alpha value is -4.08. The van der Waals surface area contributed by atoms with E-state index in [-0.39, 0.29) is 41.8 Å². The van der Waals surface area contributed by atoms with Crippen molar-refractivity contribution >= 4 is 40.0 Å². The van der Waals surface area contributed by atoms with E-state index in [1.54, 1.807) is 27.7 Å². The number of piperidine rings is 1. The summed E-state index contributed by atoms with van der Waals surface area (Å²) in [5.41, 5.74) is -0.975. The Labute approximate surface area is 236 Å². The van der Waals surface area contributed by atoms with Crippen LogP contribution in [0.4, 0.5) is 38.9 Å². The summed E-state index contributed by atoms with van der Waals surface area (Å²) in [4.78, 5) is 37.7. The van der Waals surface area contributed by atoms with Crippen LogP contribution < -0.4 is 15.4 Å². The van der Waals surface area contributed by atoms with Gasteiger partial charge in [0, 0.05) is 19.0 Å². The van der Waals surface area contributed by atoms with Crippen LogP contribution in [0.3, 0.4) is 0 Å². The van der Waals surface area contributed by atoms with Crippen molar-refractivity contribution in [3.63, 3.8) is 0 Å². The van der Waals surface area contributed by atoms with Crippen molar-refractivity contribution in [3.8, 4) is 5.88 Å². The summed E-state index contributed by atoms with van der Waals surface area (Å²) in [6.45, 7) is 6.90. The zero-order chi connectivity index (χ0) is 29.9. The Morgan fingerprint density at radius 3 is 2.44 bits per heavy atom. The number of aromatic nitrogens is 4. The monoisotopic (exact) mass is 597 g/mol. The summed E-state index contributed by atoms with van der Waals surface area (Å²) in [5.74, 6) is -0.410. The Kier molecular flexibility index (Phi) is 8.60. The molecular weight excluding hydrogens is 570 g/mol. The highest BCUT2D eigenvalue weighted by Crippen LogP contribution is 2.30. The van der Waals surface area contributed by atoms with Gasteiger partial charge in [0.25, 0.3) is 5.91 Å². The molecule has 1 fully saturated rings. The molecule has 2 N–H and O–H groups in total. The first-order valence-corrected chi connectivity index (χ1v) is 13.2. The number of carbonyl (C=O) groups is 2. The third-order valence-corrected chi connectivity index (χ3v) is 6.53. The molecule has 2 amide bonds. The number of likely N-dealkylation sites (tertiary alicyclic amines) is 1. The smallest absolute Gasteiger partial charge is 0.434 e. The number of nitrogens with one attached hydrogen (secondary N) is 2. The van der Waals surface area contributed by atoms with Crippen LogP contribution in [0.1, 0.15) is 48.9 Å². The number of nitrogens with zero attached hydrogens (tertiary/aromatic N) is 5. The van der Waals surface area contributed by atoms with Crippen LogP contribution >= 0.6 is 11.5 Å². The molecule has 41 heavy (non-hydrogen) atoms. The molecule has 0 aromatic carbocycles. The van der Waals surface area contributed by atoms with Gasteiger partial charge < -0.3 is 25.0 Å². The van der Waals surface area contributed by atoms with Gasteiger partial charge in [0.2, 0.25) is 5.88 Å². The van der Waals surface area contributed by atoms with Gasteiger partial charge in [0.15, 0.2) is 11.9 Å². The van der Waals surface area contributed by atoms with Crippen molar-refractivity contribution in [2.45, 2.75) is 58.2 Å². The summed E-state index contributed by atoms with van der Waals surface area (Å²) in [7, 11) is 0. The molecule has 0 spiro atoms. The normalized spacial score (nSPS) is 17.6. The van der Waals surface area contributed by atoms with Gasteiger partial charge in [-0.15, -0.1) is 0 Å². The SMILES string of the molecule is Cc1nsc(Nc2cnc(C(F)(F)F)cn2)c1C(=O)Nc1ccc(O[C@H]2CCN(C(=O)OC(C)(C)C)C[C@H]2F)nc1. The van der Waals surface area contributed by atoms with E-state index >= 15 is 0 Å². The standard InChI is InChI=1S/C25H27F4N7O4S/c1-13-20(22(41-35-13)34-18-11-30-17(10-31-18)25(27,28)29)21(37)33-14-5-6-19(32-9-14)39-16-7-8-36(12-15(16)26)23(38)40-24(2,3)4/h5-6,9-11,15-16H,7-8,12H2,1-4H3,(H,31,34)(H,33,37)/t15-,16+/m1/s1. The summed E-state index contributed by atoms with van der Waals surface area (Å²) in [5, 5.41) is 5.70. The highest BCUT2D eigenvalue weighted by atomic mass is 32.1. The molecule has 220 valence electrons. The number of hydrogen-bond acceptors (Lipinski definition) is 10. The molecule has 2 atom stereocenters. The number of ether oxygens (including phenoxy) is 2. The molecule has 0 radical (unpaired) electrons. The molecule has 0 saturated carbocycles. The van der Waals surface area contributed by atoms with Crippen LogP contribution in [0.15, 0.2) is 30.7 Å². The number of hydrogen-bond donors (Lipinski definition) is 2. The van der Waals surface area contributed by atoms with Gasteiger partial charge in [-0.25, -0.2) is 24.1 Å². The molecule has 4 rings (SSSR count). The molecule has 3 aromatic heterocycles. The predicted molar refractivity (Wildman–Crippen MR) is 141 cm³/mol. The number of rotatable bonds is 6. The molecule has 0 unspecified atom stereocenters. The van der Waals surface area contributed by atoms with Crippen molar-refractivity contribution in [1.82, 2.24) is 24.2 Å². The number of aryl methyl sites for hydroxylation is 1. The largest absolute Gasteiger partial charge is 0.471 e. The molecule has 0 bridgehead atoms. The summed E-state index contributed by atoms with van der Waals surface area (Å²) >= 11 is 0.931. The molecule has 1 saturated heterocycles. The number of carbonyl (C=O) groups excluding carboxylic acids is 2. The molecule has 3 aromatic rings. The maximum Gasteiger partial charge on any atom is 0.434 e. The average Bonchev–Trinajstić information content (AvgIpc) is 3.24. The third kappa shape index (κ3) is 7.77. The maximum absolute atomic E-state index is 14.8. The van der Waals surface area contributed by atoms with Gasteiger partial charge in [-0.3, -0.25) is 4.79 Å². The highest BCUT2D eigenvalue weighted by molar-refractivity contribution is 7.10.